The molecule has 1 N–H and O–H groups in total. The van der Waals surface area contributed by atoms with Gasteiger partial charge in [-0.05, 0) is 40.4 Å². The van der Waals surface area contributed by atoms with E-state index in [1.54, 1.807) is 12.3 Å². The van der Waals surface area contributed by atoms with Crippen LogP contribution in [-0.2, 0) is 4.79 Å². The van der Waals surface area contributed by atoms with Crippen LogP contribution < -0.4 is 0 Å². The molecule has 6 nitrogen and oxygen atoms in total. The molecule has 0 spiro atoms. The van der Waals surface area contributed by atoms with Crippen LogP contribution in [0.25, 0.3) is 0 Å². The maximum absolute atomic E-state index is 12.5. The van der Waals surface area contributed by atoms with E-state index in [0.717, 1.165) is 30.4 Å². The van der Waals surface area contributed by atoms with Crippen LogP contribution in [0.2, 0.25) is 0 Å². The van der Waals surface area contributed by atoms with Gasteiger partial charge in [0.05, 0.1) is 29.7 Å². The first-order chi connectivity index (χ1) is 13.2. The zero-order chi connectivity index (χ0) is 19.0. The second kappa shape index (κ2) is 7.09. The van der Waals surface area contributed by atoms with Gasteiger partial charge in [0.1, 0.15) is 11.9 Å². The van der Waals surface area contributed by atoms with Crippen LogP contribution in [0, 0.1) is 34.5 Å². The molecule has 3 unspecified atom stereocenters. The fourth-order valence-corrected chi connectivity index (χ4v) is 4.71. The summed E-state index contributed by atoms with van der Waals surface area (Å²) in [7, 11) is 0. The third-order valence-electron chi connectivity index (χ3n) is 5.41. The number of ketones is 1. The predicted molar refractivity (Wildman–Crippen MR) is 102 cm³/mol. The topological polar surface area (TPSA) is 106 Å². The summed E-state index contributed by atoms with van der Waals surface area (Å²) in [5.74, 6) is -0.484. The molecule has 1 saturated carbocycles. The molecule has 7 heteroatoms. The minimum absolute atomic E-state index is 0.159. The number of Topliss-reactive ketones (excluding diaryl/α,β-unsaturated/α-hetero) is 1. The Labute approximate surface area is 165 Å². The fourth-order valence-electron chi connectivity index (χ4n) is 4.11. The lowest BCUT2D eigenvalue weighted by Gasteiger charge is -2.32. The third kappa shape index (κ3) is 2.89. The molecule has 2 aliphatic rings. The van der Waals surface area contributed by atoms with Crippen molar-refractivity contribution in [2.45, 2.75) is 31.6 Å². The molecule has 0 radical (unpaired) electrons. The quantitative estimate of drug-likeness (QED) is 0.784. The highest BCUT2D eigenvalue weighted by atomic mass is 79.9. The van der Waals surface area contributed by atoms with Gasteiger partial charge in [0, 0.05) is 28.1 Å². The molecule has 1 aromatic carbocycles. The summed E-state index contributed by atoms with van der Waals surface area (Å²) in [5, 5.41) is 26.4. The molecule has 3 atom stereocenters. The van der Waals surface area contributed by atoms with E-state index in [1.807, 2.05) is 12.1 Å². The maximum atomic E-state index is 12.5. The van der Waals surface area contributed by atoms with Crippen molar-refractivity contribution in [3.63, 3.8) is 0 Å². The van der Waals surface area contributed by atoms with Gasteiger partial charge < -0.3 is 0 Å². The van der Waals surface area contributed by atoms with Crippen molar-refractivity contribution >= 4 is 33.2 Å². The summed E-state index contributed by atoms with van der Waals surface area (Å²) in [4.78, 5) is 17.2. The van der Waals surface area contributed by atoms with Crippen molar-refractivity contribution in [2.75, 3.05) is 0 Å². The summed E-state index contributed by atoms with van der Waals surface area (Å²) in [5.41, 5.74) is 2.77. The number of fused-ring (bicyclic) bond motifs is 1. The number of benzene rings is 1. The maximum Gasteiger partial charge on any atom is 0.151 e. The van der Waals surface area contributed by atoms with Crippen LogP contribution in [0.3, 0.4) is 0 Å². The lowest BCUT2D eigenvalue weighted by molar-refractivity contribution is -0.122. The average molecular weight is 422 g/mol. The van der Waals surface area contributed by atoms with Crippen molar-refractivity contribution in [3.8, 4) is 12.1 Å². The van der Waals surface area contributed by atoms with E-state index in [-0.39, 0.29) is 17.6 Å². The van der Waals surface area contributed by atoms with E-state index < -0.39 is 5.92 Å². The lowest BCUT2D eigenvalue weighted by Crippen LogP contribution is -2.36. The molecule has 0 bridgehead atoms. The minimum Gasteiger partial charge on any atom is -0.299 e. The molecular weight excluding hydrogens is 406 g/mol. The second-order valence-corrected chi connectivity index (χ2v) is 7.67. The Balaban J connectivity index is 1.88. The Morgan fingerprint density at radius 2 is 2.07 bits per heavy atom. The number of nitriles is 2. The highest BCUT2D eigenvalue weighted by Crippen LogP contribution is 2.46. The van der Waals surface area contributed by atoms with Crippen LogP contribution in [0.4, 0.5) is 5.82 Å². The van der Waals surface area contributed by atoms with Crippen LogP contribution in [0.15, 0.2) is 33.9 Å². The molecule has 1 aliphatic carbocycles. The monoisotopic (exact) mass is 421 g/mol. The number of nitrogens with zero attached hydrogens (tertiary/aromatic N) is 4. The zero-order valence-corrected chi connectivity index (χ0v) is 16.0. The number of H-pyrrole nitrogens is 1. The highest BCUT2D eigenvalue weighted by Gasteiger charge is 2.42. The number of nitrogens with one attached hydrogen (secondary N) is 1. The number of aromatic nitrogens is 2. The van der Waals surface area contributed by atoms with E-state index >= 15 is 0 Å². The first-order valence-electron chi connectivity index (χ1n) is 8.88. The molecule has 1 fully saturated rings. The number of hydrogen-bond donors (Lipinski definition) is 1. The molecule has 4 rings (SSSR count). The van der Waals surface area contributed by atoms with E-state index in [1.165, 1.54) is 0 Å². The van der Waals surface area contributed by atoms with E-state index in [4.69, 9.17) is 0 Å². The van der Waals surface area contributed by atoms with Crippen molar-refractivity contribution in [1.29, 1.82) is 10.5 Å². The smallest absolute Gasteiger partial charge is 0.151 e. The summed E-state index contributed by atoms with van der Waals surface area (Å²) >= 11 is 3.53. The number of halogens is 1. The Morgan fingerprint density at radius 3 is 2.81 bits per heavy atom. The molecule has 0 saturated heterocycles. The summed E-state index contributed by atoms with van der Waals surface area (Å²) in [6, 6.07) is 10.0. The fraction of sp³-hybridized carbons (Fsp3) is 0.350. The normalized spacial score (nSPS) is 24.5. The molecule has 2 aromatic rings. The van der Waals surface area contributed by atoms with E-state index in [9.17, 15) is 15.3 Å². The van der Waals surface area contributed by atoms with Crippen molar-refractivity contribution < 1.29 is 4.79 Å². The summed E-state index contributed by atoms with van der Waals surface area (Å²) in [6.45, 7) is 0. The van der Waals surface area contributed by atoms with E-state index in [2.05, 4.69) is 43.3 Å². The summed E-state index contributed by atoms with van der Waals surface area (Å²) < 4.78 is 0.668. The molecule has 134 valence electrons. The molecule has 0 amide bonds. The predicted octanol–water partition coefficient (Wildman–Crippen LogP) is 4.16. The number of carbonyl (C=O) groups excluding carboxylic acids is 1. The molecule has 2 heterocycles. The first-order valence-corrected chi connectivity index (χ1v) is 9.67. The van der Waals surface area contributed by atoms with Crippen LogP contribution in [0.5, 0.6) is 0 Å². The lowest BCUT2D eigenvalue weighted by atomic mass is 9.71. The SMILES string of the molecule is N#Cc1cccc(C2c3cn[nH]c3N=C(C3CCCCC3=O)C2C#N)c1Br. The minimum atomic E-state index is -0.576. The number of hydrogen-bond acceptors (Lipinski definition) is 5. The Morgan fingerprint density at radius 1 is 1.22 bits per heavy atom. The molecule has 27 heavy (non-hydrogen) atoms. The van der Waals surface area contributed by atoms with Crippen molar-refractivity contribution in [3.05, 3.63) is 45.6 Å². The average Bonchev–Trinajstić information content (AvgIpc) is 3.15. The number of carbonyl (C=O) groups is 1. The van der Waals surface area contributed by atoms with Gasteiger partial charge in [-0.3, -0.25) is 9.89 Å². The number of aliphatic imine (C=N–C) groups is 1. The van der Waals surface area contributed by atoms with Crippen molar-refractivity contribution in [1.82, 2.24) is 10.2 Å². The third-order valence-corrected chi connectivity index (χ3v) is 6.30. The van der Waals surface area contributed by atoms with Crippen LogP contribution in [-0.4, -0.2) is 21.7 Å². The second-order valence-electron chi connectivity index (χ2n) is 6.88. The van der Waals surface area contributed by atoms with Gasteiger partial charge in [-0.2, -0.15) is 15.6 Å². The number of aromatic amines is 1. The van der Waals surface area contributed by atoms with Gasteiger partial charge in [-0.25, -0.2) is 4.99 Å². The van der Waals surface area contributed by atoms with Gasteiger partial charge in [0.15, 0.2) is 5.82 Å². The standard InChI is InChI=1S/C20H16BrN5O/c21-18-11(8-22)4-3-6-13(18)17-14(9-23)19(12-5-1-2-7-16(12)27)25-20-15(17)10-24-26-20/h3-4,6,10,12,14,17H,1-2,5,7H2,(H,24,26). The van der Waals surface area contributed by atoms with Gasteiger partial charge in [0.25, 0.3) is 0 Å². The Kier molecular flexibility index (Phi) is 4.63. The summed E-state index contributed by atoms with van der Waals surface area (Å²) in [6.07, 6.45) is 4.80. The Bertz CT molecular complexity index is 1030. The largest absolute Gasteiger partial charge is 0.299 e. The van der Waals surface area contributed by atoms with Gasteiger partial charge in [-0.1, -0.05) is 18.6 Å². The van der Waals surface area contributed by atoms with E-state index in [0.29, 0.717) is 28.0 Å². The molecule has 1 aliphatic heterocycles. The first kappa shape index (κ1) is 17.6. The van der Waals surface area contributed by atoms with Crippen molar-refractivity contribution in [2.24, 2.45) is 16.8 Å². The van der Waals surface area contributed by atoms with Gasteiger partial charge in [-0.15, -0.1) is 0 Å². The zero-order valence-electron chi connectivity index (χ0n) is 14.4. The van der Waals surface area contributed by atoms with Crippen LogP contribution >= 0.6 is 15.9 Å². The van der Waals surface area contributed by atoms with Crippen LogP contribution in [0.1, 0.15) is 48.3 Å². The van der Waals surface area contributed by atoms with Gasteiger partial charge >= 0.3 is 0 Å². The number of rotatable bonds is 2. The molecule has 1 aromatic heterocycles. The highest BCUT2D eigenvalue weighted by molar-refractivity contribution is 9.10. The molecular formula is C20H16BrN5O. The van der Waals surface area contributed by atoms with Gasteiger partial charge in [0.2, 0.25) is 0 Å². The Hall–Kier alpha value is -2.77.